The third kappa shape index (κ3) is 1.90. The molecule has 0 unspecified atom stereocenters. The molecule has 0 aliphatic heterocycles. The Morgan fingerprint density at radius 1 is 1.27 bits per heavy atom. The van der Waals surface area contributed by atoms with Crippen LogP contribution in [0.15, 0.2) is 30.3 Å². The van der Waals surface area contributed by atoms with Gasteiger partial charge in [-0.1, -0.05) is 18.2 Å². The van der Waals surface area contributed by atoms with E-state index < -0.39 is 0 Å². The van der Waals surface area contributed by atoms with Gasteiger partial charge in [0.2, 0.25) is 5.95 Å². The molecule has 15 heavy (non-hydrogen) atoms. The predicted octanol–water partition coefficient (Wildman–Crippen LogP) is 1.61. The van der Waals surface area contributed by atoms with Crippen LogP contribution < -0.4 is 10.2 Å². The summed E-state index contributed by atoms with van der Waals surface area (Å²) in [4.78, 5) is 6.17. The van der Waals surface area contributed by atoms with Crippen molar-refractivity contribution in [3.05, 3.63) is 30.3 Å². The molecule has 0 spiro atoms. The van der Waals surface area contributed by atoms with E-state index in [0.29, 0.717) is 11.9 Å². The lowest BCUT2D eigenvalue weighted by atomic mass is 10.3. The molecule has 0 bridgehead atoms. The first-order chi connectivity index (χ1) is 7.31. The van der Waals surface area contributed by atoms with Crippen molar-refractivity contribution < 1.29 is 0 Å². The molecular formula is C10H13N5. The van der Waals surface area contributed by atoms with Gasteiger partial charge in [0.25, 0.3) is 5.95 Å². The molecule has 0 atom stereocenters. The van der Waals surface area contributed by atoms with E-state index >= 15 is 0 Å². The van der Waals surface area contributed by atoms with Gasteiger partial charge in [0, 0.05) is 19.8 Å². The van der Waals surface area contributed by atoms with Gasteiger partial charge in [-0.3, -0.25) is 0 Å². The van der Waals surface area contributed by atoms with Gasteiger partial charge in [-0.25, -0.2) is 5.10 Å². The molecule has 2 aromatic rings. The van der Waals surface area contributed by atoms with Crippen molar-refractivity contribution in [3.63, 3.8) is 0 Å². The molecule has 0 radical (unpaired) electrons. The Labute approximate surface area is 88.1 Å². The lowest BCUT2D eigenvalue weighted by Crippen LogP contribution is -2.10. The molecule has 0 aliphatic carbocycles. The van der Waals surface area contributed by atoms with Gasteiger partial charge in [-0.15, -0.1) is 5.10 Å². The summed E-state index contributed by atoms with van der Waals surface area (Å²) >= 11 is 0. The van der Waals surface area contributed by atoms with E-state index in [4.69, 9.17) is 0 Å². The molecular weight excluding hydrogens is 190 g/mol. The molecule has 1 aromatic carbocycles. The summed E-state index contributed by atoms with van der Waals surface area (Å²) in [5.41, 5.74) is 1.05. The molecule has 0 saturated heterocycles. The summed E-state index contributed by atoms with van der Waals surface area (Å²) in [6.07, 6.45) is 0. The number of benzene rings is 1. The lowest BCUT2D eigenvalue weighted by Gasteiger charge is -2.13. The number of H-pyrrole nitrogens is 1. The number of hydrogen-bond donors (Lipinski definition) is 2. The minimum Gasteiger partial charge on any atom is -0.358 e. The number of anilines is 3. The maximum Gasteiger partial charge on any atom is 0.250 e. The van der Waals surface area contributed by atoms with Crippen molar-refractivity contribution in [2.75, 3.05) is 24.3 Å². The van der Waals surface area contributed by atoms with E-state index in [1.54, 1.807) is 7.05 Å². The summed E-state index contributed by atoms with van der Waals surface area (Å²) in [5, 5.41) is 9.78. The second-order valence-electron chi connectivity index (χ2n) is 3.13. The van der Waals surface area contributed by atoms with Crippen LogP contribution >= 0.6 is 0 Å². The van der Waals surface area contributed by atoms with Crippen LogP contribution in [0.4, 0.5) is 17.6 Å². The highest BCUT2D eigenvalue weighted by atomic mass is 15.4. The lowest BCUT2D eigenvalue weighted by molar-refractivity contribution is 1.03. The fraction of sp³-hybridized carbons (Fsp3) is 0.200. The SMILES string of the molecule is CNc1nc(N(C)c2ccccc2)n[nH]1. The van der Waals surface area contributed by atoms with Crippen LogP contribution in [-0.2, 0) is 0 Å². The van der Waals surface area contributed by atoms with Crippen LogP contribution in [0.3, 0.4) is 0 Å². The fourth-order valence-electron chi connectivity index (χ4n) is 1.28. The zero-order valence-electron chi connectivity index (χ0n) is 8.73. The molecule has 5 heteroatoms. The zero-order valence-corrected chi connectivity index (χ0v) is 8.73. The van der Waals surface area contributed by atoms with E-state index in [0.717, 1.165) is 5.69 Å². The van der Waals surface area contributed by atoms with Gasteiger partial charge in [0.15, 0.2) is 0 Å². The van der Waals surface area contributed by atoms with Crippen LogP contribution in [0, 0.1) is 0 Å². The first-order valence-electron chi connectivity index (χ1n) is 4.70. The minimum absolute atomic E-state index is 0.644. The fourth-order valence-corrected chi connectivity index (χ4v) is 1.28. The summed E-state index contributed by atoms with van der Waals surface area (Å²) in [6.45, 7) is 0. The summed E-state index contributed by atoms with van der Waals surface area (Å²) < 4.78 is 0. The van der Waals surface area contributed by atoms with E-state index in [1.807, 2.05) is 42.3 Å². The normalized spacial score (nSPS) is 10.0. The van der Waals surface area contributed by atoms with Crippen molar-refractivity contribution in [3.8, 4) is 0 Å². The van der Waals surface area contributed by atoms with Crippen molar-refractivity contribution >= 4 is 17.6 Å². The highest BCUT2D eigenvalue weighted by Gasteiger charge is 2.08. The summed E-state index contributed by atoms with van der Waals surface area (Å²) in [6, 6.07) is 9.97. The standard InChI is InChI=1S/C10H13N5/c1-11-9-12-10(14-13-9)15(2)8-6-4-3-5-7-8/h3-7H,1-2H3,(H2,11,12,13,14). The Bertz CT molecular complexity index is 422. The van der Waals surface area contributed by atoms with Crippen LogP contribution in [0.5, 0.6) is 0 Å². The van der Waals surface area contributed by atoms with Crippen molar-refractivity contribution in [2.24, 2.45) is 0 Å². The molecule has 2 rings (SSSR count). The Hall–Kier alpha value is -2.04. The summed E-state index contributed by atoms with van der Waals surface area (Å²) in [7, 11) is 3.73. The number of aromatic nitrogens is 3. The molecule has 0 fully saturated rings. The van der Waals surface area contributed by atoms with Crippen LogP contribution in [-0.4, -0.2) is 29.3 Å². The molecule has 0 saturated carbocycles. The number of nitrogens with zero attached hydrogens (tertiary/aromatic N) is 3. The molecule has 5 nitrogen and oxygen atoms in total. The van der Waals surface area contributed by atoms with Crippen LogP contribution in [0.1, 0.15) is 0 Å². The largest absolute Gasteiger partial charge is 0.358 e. The third-order valence-corrected chi connectivity index (χ3v) is 2.15. The topological polar surface area (TPSA) is 56.8 Å². The average molecular weight is 203 g/mol. The number of nitrogens with one attached hydrogen (secondary N) is 2. The van der Waals surface area contributed by atoms with Crippen molar-refractivity contribution in [1.82, 2.24) is 15.2 Å². The van der Waals surface area contributed by atoms with E-state index in [-0.39, 0.29) is 0 Å². The van der Waals surface area contributed by atoms with Gasteiger partial charge >= 0.3 is 0 Å². The zero-order chi connectivity index (χ0) is 10.7. The van der Waals surface area contributed by atoms with Gasteiger partial charge in [0.05, 0.1) is 0 Å². The highest BCUT2D eigenvalue weighted by Crippen LogP contribution is 2.19. The van der Waals surface area contributed by atoms with E-state index in [9.17, 15) is 0 Å². The number of rotatable bonds is 3. The Balaban J connectivity index is 2.24. The molecule has 0 aliphatic rings. The Morgan fingerprint density at radius 3 is 2.60 bits per heavy atom. The minimum atomic E-state index is 0.644. The Kier molecular flexibility index (Phi) is 2.53. The van der Waals surface area contributed by atoms with Crippen LogP contribution in [0.25, 0.3) is 0 Å². The maximum absolute atomic E-state index is 4.25. The van der Waals surface area contributed by atoms with E-state index in [2.05, 4.69) is 20.5 Å². The van der Waals surface area contributed by atoms with Crippen LogP contribution in [0.2, 0.25) is 0 Å². The monoisotopic (exact) mass is 203 g/mol. The highest BCUT2D eigenvalue weighted by molar-refractivity contribution is 5.56. The van der Waals surface area contributed by atoms with E-state index in [1.165, 1.54) is 0 Å². The molecule has 78 valence electrons. The number of aromatic amines is 1. The second-order valence-corrected chi connectivity index (χ2v) is 3.13. The molecule has 0 amide bonds. The molecule has 1 aromatic heterocycles. The summed E-state index contributed by atoms with van der Waals surface area (Å²) in [5.74, 6) is 1.30. The molecule has 1 heterocycles. The smallest absolute Gasteiger partial charge is 0.250 e. The first kappa shape index (κ1) is 9.51. The maximum atomic E-state index is 4.25. The number of hydrogen-bond acceptors (Lipinski definition) is 4. The second kappa shape index (κ2) is 4.00. The third-order valence-electron chi connectivity index (χ3n) is 2.15. The van der Waals surface area contributed by atoms with Gasteiger partial charge < -0.3 is 10.2 Å². The predicted molar refractivity (Wildman–Crippen MR) is 60.4 cm³/mol. The van der Waals surface area contributed by atoms with Crippen molar-refractivity contribution in [2.45, 2.75) is 0 Å². The Morgan fingerprint density at radius 2 is 2.00 bits per heavy atom. The van der Waals surface area contributed by atoms with Gasteiger partial charge in [-0.2, -0.15) is 4.98 Å². The molecule has 2 N–H and O–H groups in total. The average Bonchev–Trinajstić information content (AvgIpc) is 2.78. The van der Waals surface area contributed by atoms with Crippen molar-refractivity contribution in [1.29, 1.82) is 0 Å². The first-order valence-corrected chi connectivity index (χ1v) is 4.70. The quantitative estimate of drug-likeness (QED) is 0.795. The van der Waals surface area contributed by atoms with Gasteiger partial charge in [-0.05, 0) is 12.1 Å². The van der Waals surface area contributed by atoms with Gasteiger partial charge in [0.1, 0.15) is 0 Å². The number of para-hydroxylation sites is 1.